The molecule has 101 valence electrons. The molecule has 2 amide bonds. The van der Waals surface area contributed by atoms with Gasteiger partial charge in [0, 0.05) is 36.6 Å². The van der Waals surface area contributed by atoms with Crippen LogP contribution in [0.4, 0.5) is 0 Å². The Kier molecular flexibility index (Phi) is 5.89. The Hall–Kier alpha value is -0.750. The van der Waals surface area contributed by atoms with Crippen molar-refractivity contribution in [2.45, 2.75) is 19.8 Å². The molecule has 1 aliphatic heterocycles. The molecule has 0 aliphatic carbocycles. The molecular formula is C14H16N2NaO2S. The molecule has 2 rings (SSSR count). The molecule has 0 bridgehead atoms. The van der Waals surface area contributed by atoms with Gasteiger partial charge in [0.25, 0.3) is 0 Å². The quantitative estimate of drug-likeness (QED) is 0.517. The number of rotatable bonds is 3. The third-order valence-corrected chi connectivity index (χ3v) is 4.00. The first-order chi connectivity index (χ1) is 9.01. The van der Waals surface area contributed by atoms with Crippen molar-refractivity contribution in [3.63, 3.8) is 0 Å². The van der Waals surface area contributed by atoms with Crippen molar-refractivity contribution in [3.05, 3.63) is 35.9 Å². The predicted octanol–water partition coefficient (Wildman–Crippen LogP) is 1.12. The summed E-state index contributed by atoms with van der Waals surface area (Å²) in [6, 6.07) is 9.55. The van der Waals surface area contributed by atoms with Crippen LogP contribution in [-0.2, 0) is 16.0 Å². The number of nitrogens with zero attached hydrogens (tertiary/aromatic N) is 1. The molecule has 1 heterocycles. The van der Waals surface area contributed by atoms with Gasteiger partial charge < -0.3 is 5.32 Å². The van der Waals surface area contributed by atoms with E-state index in [1.165, 1.54) is 4.90 Å². The van der Waals surface area contributed by atoms with E-state index in [0.29, 0.717) is 12.8 Å². The molecule has 1 radical (unpaired) electrons. The van der Waals surface area contributed by atoms with Crippen LogP contribution in [0.3, 0.4) is 0 Å². The summed E-state index contributed by atoms with van der Waals surface area (Å²) in [5.41, 5.74) is -0.0904. The van der Waals surface area contributed by atoms with Crippen molar-refractivity contribution in [2.24, 2.45) is 5.41 Å². The minimum absolute atomic E-state index is 0. The summed E-state index contributed by atoms with van der Waals surface area (Å²) in [6.07, 6.45) is 0.835. The van der Waals surface area contributed by atoms with Crippen LogP contribution < -0.4 is 5.32 Å². The van der Waals surface area contributed by atoms with Gasteiger partial charge in [0.2, 0.25) is 11.8 Å². The van der Waals surface area contributed by atoms with E-state index in [0.717, 1.165) is 5.56 Å². The molecule has 1 atom stereocenters. The smallest absolute Gasteiger partial charge is 0.244 e. The maximum Gasteiger partial charge on any atom is 0.244 e. The first-order valence-corrected chi connectivity index (χ1v) is 6.59. The van der Waals surface area contributed by atoms with Crippen molar-refractivity contribution >= 4 is 58.7 Å². The number of hydrogen-bond donors (Lipinski definition) is 1. The van der Waals surface area contributed by atoms with Gasteiger partial charge in [0.05, 0.1) is 0 Å². The third-order valence-electron chi connectivity index (χ3n) is 3.63. The minimum Gasteiger partial charge on any atom is -0.302 e. The average Bonchev–Trinajstić information content (AvgIpc) is 2.42. The van der Waals surface area contributed by atoms with Gasteiger partial charge in [-0.05, 0) is 30.6 Å². The van der Waals surface area contributed by atoms with Crippen molar-refractivity contribution in [3.8, 4) is 0 Å². The normalized spacial score (nSPS) is 22.3. The van der Waals surface area contributed by atoms with Crippen molar-refractivity contribution in [1.82, 2.24) is 10.2 Å². The topological polar surface area (TPSA) is 49.4 Å². The number of thiocarbonyl (C=S) groups is 1. The van der Waals surface area contributed by atoms with E-state index in [2.05, 4.69) is 5.32 Å². The molecule has 1 aliphatic rings. The van der Waals surface area contributed by atoms with Crippen LogP contribution in [0.5, 0.6) is 0 Å². The molecule has 1 unspecified atom stereocenters. The van der Waals surface area contributed by atoms with Gasteiger partial charge in [-0.3, -0.25) is 14.5 Å². The largest absolute Gasteiger partial charge is 0.302 e. The van der Waals surface area contributed by atoms with Crippen molar-refractivity contribution < 1.29 is 9.59 Å². The number of carbonyl (C=O) groups is 2. The first kappa shape index (κ1) is 17.3. The van der Waals surface area contributed by atoms with E-state index in [4.69, 9.17) is 12.2 Å². The van der Waals surface area contributed by atoms with E-state index >= 15 is 0 Å². The molecular weight excluding hydrogens is 283 g/mol. The summed E-state index contributed by atoms with van der Waals surface area (Å²) in [5, 5.41) is 2.79. The van der Waals surface area contributed by atoms with Crippen LogP contribution in [0.15, 0.2) is 30.3 Å². The molecule has 1 aromatic carbocycles. The maximum absolute atomic E-state index is 12.5. The zero-order valence-corrected chi connectivity index (χ0v) is 14.8. The van der Waals surface area contributed by atoms with Gasteiger partial charge in [0.15, 0.2) is 5.11 Å². The fourth-order valence-corrected chi connectivity index (χ4v) is 2.52. The summed E-state index contributed by atoms with van der Waals surface area (Å²) < 4.78 is 0. The van der Waals surface area contributed by atoms with Crippen LogP contribution in [-0.4, -0.2) is 58.4 Å². The molecule has 0 saturated carbocycles. The second-order valence-corrected chi connectivity index (χ2v) is 5.11. The van der Waals surface area contributed by atoms with Gasteiger partial charge in [-0.25, -0.2) is 0 Å². The van der Waals surface area contributed by atoms with Gasteiger partial charge in [0.1, 0.15) is 5.41 Å². The van der Waals surface area contributed by atoms with E-state index in [9.17, 15) is 9.59 Å². The monoisotopic (exact) mass is 299 g/mol. The Balaban J connectivity index is 0.00000200. The third kappa shape index (κ3) is 2.96. The minimum atomic E-state index is -1.06. The predicted molar refractivity (Wildman–Crippen MR) is 82.1 cm³/mol. The molecule has 20 heavy (non-hydrogen) atoms. The summed E-state index contributed by atoms with van der Waals surface area (Å²) in [5.74, 6) is -0.528. The Bertz CT molecular complexity index is 535. The molecule has 6 heteroatoms. The second-order valence-electron chi connectivity index (χ2n) is 4.72. The summed E-state index contributed by atoms with van der Waals surface area (Å²) in [6.45, 7) is 1.85. The fourth-order valence-electron chi connectivity index (χ4n) is 2.35. The van der Waals surface area contributed by atoms with E-state index in [1.54, 1.807) is 7.05 Å². The van der Waals surface area contributed by atoms with Crippen molar-refractivity contribution in [1.29, 1.82) is 0 Å². The number of hydrogen-bond acceptors (Lipinski definition) is 3. The van der Waals surface area contributed by atoms with Gasteiger partial charge >= 0.3 is 0 Å². The van der Waals surface area contributed by atoms with Crippen LogP contribution in [0.2, 0.25) is 0 Å². The van der Waals surface area contributed by atoms with E-state index in [-0.39, 0.29) is 46.5 Å². The zero-order valence-electron chi connectivity index (χ0n) is 12.0. The van der Waals surface area contributed by atoms with Gasteiger partial charge in [-0.1, -0.05) is 37.3 Å². The first-order valence-electron chi connectivity index (χ1n) is 6.19. The Morgan fingerprint density at radius 3 is 2.40 bits per heavy atom. The second kappa shape index (κ2) is 6.80. The molecule has 1 saturated heterocycles. The number of amides is 2. The van der Waals surface area contributed by atoms with Crippen LogP contribution in [0.1, 0.15) is 18.9 Å². The standard InChI is InChI=1S/C14H16N2O2S.Na/c1-3-14(9-10-7-5-4-6-8-10)11(17)15-13(19)16(2)12(14)18;/h4-8H,3,9H2,1-2H3,(H,15,17,19);. The van der Waals surface area contributed by atoms with Crippen LogP contribution in [0, 0.1) is 5.41 Å². The summed E-state index contributed by atoms with van der Waals surface area (Å²) in [4.78, 5) is 26.1. The fraction of sp³-hybridized carbons (Fsp3) is 0.357. The Morgan fingerprint density at radius 1 is 1.25 bits per heavy atom. The van der Waals surface area contributed by atoms with Crippen molar-refractivity contribution in [2.75, 3.05) is 7.05 Å². The Morgan fingerprint density at radius 2 is 1.85 bits per heavy atom. The number of benzene rings is 1. The molecule has 1 aromatic rings. The maximum atomic E-state index is 12.5. The van der Waals surface area contributed by atoms with Crippen LogP contribution >= 0.6 is 12.2 Å². The van der Waals surface area contributed by atoms with Gasteiger partial charge in [-0.15, -0.1) is 0 Å². The summed E-state index contributed by atoms with van der Waals surface area (Å²) in [7, 11) is 1.60. The molecule has 4 nitrogen and oxygen atoms in total. The SMILES string of the molecule is CCC1(Cc2ccccc2)C(=O)NC(=S)N(C)C1=O.[Na]. The number of carbonyl (C=O) groups excluding carboxylic acids is 2. The average molecular weight is 299 g/mol. The molecule has 0 spiro atoms. The number of nitrogens with one attached hydrogen (secondary N) is 1. The molecule has 1 fully saturated rings. The Labute approximate surface area is 146 Å². The molecule has 1 N–H and O–H groups in total. The van der Waals surface area contributed by atoms with Gasteiger partial charge in [-0.2, -0.15) is 0 Å². The molecule has 0 aromatic heterocycles. The summed E-state index contributed by atoms with van der Waals surface area (Å²) >= 11 is 4.97. The van der Waals surface area contributed by atoms with Crippen LogP contribution in [0.25, 0.3) is 0 Å². The van der Waals surface area contributed by atoms with E-state index in [1.807, 2.05) is 37.3 Å². The van der Waals surface area contributed by atoms with E-state index < -0.39 is 5.41 Å². The zero-order chi connectivity index (χ0) is 14.0.